The number of hydrogen-bond acceptors (Lipinski definition) is 4. The summed E-state index contributed by atoms with van der Waals surface area (Å²) < 4.78 is 0. The van der Waals surface area contributed by atoms with Crippen LogP contribution >= 0.6 is 0 Å². The van der Waals surface area contributed by atoms with Gasteiger partial charge in [-0.05, 0) is 92.4 Å². The lowest BCUT2D eigenvalue weighted by Gasteiger charge is -2.38. The van der Waals surface area contributed by atoms with Crippen molar-refractivity contribution in [3.8, 4) is 0 Å². The first-order chi connectivity index (χ1) is 11.1. The highest BCUT2D eigenvalue weighted by atomic mass is 16.5. The van der Waals surface area contributed by atoms with Crippen molar-refractivity contribution in [2.75, 3.05) is 0 Å². The van der Waals surface area contributed by atoms with Gasteiger partial charge in [0.15, 0.2) is 0 Å². The molecular formula is C21H42N2O2. The molecule has 0 spiro atoms. The Morgan fingerprint density at radius 1 is 0.840 bits per heavy atom. The summed E-state index contributed by atoms with van der Waals surface area (Å²) in [5, 5.41) is 24.2. The maximum atomic E-state index is 10.6. The summed E-state index contributed by atoms with van der Waals surface area (Å²) in [5.74, 6) is 1.63. The third-order valence-corrected chi connectivity index (χ3v) is 7.51. The molecule has 0 aromatic heterocycles. The van der Waals surface area contributed by atoms with Crippen LogP contribution in [0.25, 0.3) is 0 Å². The molecule has 4 nitrogen and oxygen atoms in total. The Labute approximate surface area is 155 Å². The van der Waals surface area contributed by atoms with E-state index in [1.165, 1.54) is 12.8 Å². The lowest BCUT2D eigenvalue weighted by Crippen LogP contribution is -2.48. The van der Waals surface area contributed by atoms with Crippen molar-refractivity contribution in [1.29, 1.82) is 0 Å². The van der Waals surface area contributed by atoms with E-state index in [1.807, 2.05) is 0 Å². The molecule has 2 N–H and O–H groups in total. The molecule has 2 fully saturated rings. The number of hydroxylamine groups is 4. The van der Waals surface area contributed by atoms with Gasteiger partial charge >= 0.3 is 0 Å². The predicted molar refractivity (Wildman–Crippen MR) is 103 cm³/mol. The highest BCUT2D eigenvalue weighted by molar-refractivity contribution is 5.04. The summed E-state index contributed by atoms with van der Waals surface area (Å²) in [6.07, 6.45) is 5.65. The Kier molecular flexibility index (Phi) is 5.47. The summed E-state index contributed by atoms with van der Waals surface area (Å²) in [6, 6.07) is 0. The van der Waals surface area contributed by atoms with Gasteiger partial charge in [0.05, 0.1) is 0 Å². The van der Waals surface area contributed by atoms with Gasteiger partial charge in [0.2, 0.25) is 0 Å². The van der Waals surface area contributed by atoms with Gasteiger partial charge in [-0.2, -0.15) is 10.1 Å². The van der Waals surface area contributed by atoms with Gasteiger partial charge in [0, 0.05) is 22.2 Å². The molecule has 0 aliphatic carbocycles. The van der Waals surface area contributed by atoms with Crippen LogP contribution in [0.15, 0.2) is 0 Å². The van der Waals surface area contributed by atoms with Crippen molar-refractivity contribution >= 4 is 0 Å². The molecule has 4 heteroatoms. The second-order valence-electron chi connectivity index (χ2n) is 11.2. The molecule has 0 aromatic carbocycles. The molecule has 0 amide bonds. The van der Waals surface area contributed by atoms with Gasteiger partial charge in [-0.3, -0.25) is 0 Å². The normalized spacial score (nSPS) is 35.2. The molecule has 0 bridgehead atoms. The monoisotopic (exact) mass is 354 g/mol. The van der Waals surface area contributed by atoms with Crippen LogP contribution in [0.3, 0.4) is 0 Å². The first-order valence-corrected chi connectivity index (χ1v) is 10.1. The Hall–Kier alpha value is -0.160. The lowest BCUT2D eigenvalue weighted by molar-refractivity contribution is -0.198. The summed E-state index contributed by atoms with van der Waals surface area (Å²) >= 11 is 0. The fourth-order valence-electron chi connectivity index (χ4n) is 5.94. The molecule has 25 heavy (non-hydrogen) atoms. The third kappa shape index (κ3) is 3.65. The Morgan fingerprint density at radius 2 is 1.32 bits per heavy atom. The van der Waals surface area contributed by atoms with Gasteiger partial charge in [-0.15, -0.1) is 0 Å². The summed E-state index contributed by atoms with van der Waals surface area (Å²) in [7, 11) is 0. The summed E-state index contributed by atoms with van der Waals surface area (Å²) in [5.41, 5.74) is -0.589. The van der Waals surface area contributed by atoms with Crippen LogP contribution < -0.4 is 0 Å². The smallest absolute Gasteiger partial charge is 0.0441 e. The minimum atomic E-state index is -0.167. The Morgan fingerprint density at radius 3 is 1.72 bits per heavy atom. The predicted octanol–water partition coefficient (Wildman–Crippen LogP) is 5.33. The van der Waals surface area contributed by atoms with E-state index in [4.69, 9.17) is 0 Å². The molecule has 2 aliphatic heterocycles. The average Bonchev–Trinajstić information content (AvgIpc) is 2.74. The van der Waals surface area contributed by atoms with Crippen molar-refractivity contribution in [2.45, 2.75) is 117 Å². The second-order valence-corrected chi connectivity index (χ2v) is 11.2. The van der Waals surface area contributed by atoms with Crippen LogP contribution in [0.5, 0.6) is 0 Å². The lowest BCUT2D eigenvalue weighted by atomic mass is 9.75. The number of hydrogen-bond donors (Lipinski definition) is 2. The van der Waals surface area contributed by atoms with Crippen LogP contribution in [0.1, 0.15) is 94.4 Å². The first-order valence-electron chi connectivity index (χ1n) is 10.1. The molecule has 0 saturated carbocycles. The summed E-state index contributed by atoms with van der Waals surface area (Å²) in [6.45, 7) is 19.6. The first kappa shape index (κ1) is 21.1. The Bertz CT molecular complexity index is 484. The van der Waals surface area contributed by atoms with E-state index in [9.17, 15) is 10.4 Å². The van der Waals surface area contributed by atoms with E-state index in [0.717, 1.165) is 19.3 Å². The molecule has 2 heterocycles. The highest BCUT2D eigenvalue weighted by Crippen LogP contribution is 2.49. The van der Waals surface area contributed by atoms with Crippen LogP contribution in [-0.2, 0) is 0 Å². The van der Waals surface area contributed by atoms with Crippen LogP contribution in [0, 0.1) is 17.8 Å². The molecule has 0 aromatic rings. The maximum Gasteiger partial charge on any atom is 0.0441 e. The van der Waals surface area contributed by atoms with Crippen molar-refractivity contribution in [3.05, 3.63) is 0 Å². The van der Waals surface area contributed by atoms with E-state index >= 15 is 0 Å². The number of rotatable bonds is 5. The maximum absolute atomic E-state index is 10.6. The average molecular weight is 355 g/mol. The van der Waals surface area contributed by atoms with Crippen LogP contribution in [-0.4, -0.2) is 42.7 Å². The topological polar surface area (TPSA) is 46.9 Å². The molecule has 2 saturated heterocycles. The van der Waals surface area contributed by atoms with Crippen molar-refractivity contribution in [3.63, 3.8) is 0 Å². The molecule has 2 aliphatic rings. The highest BCUT2D eigenvalue weighted by Gasteiger charge is 2.53. The van der Waals surface area contributed by atoms with Crippen LogP contribution in [0.2, 0.25) is 0 Å². The van der Waals surface area contributed by atoms with E-state index < -0.39 is 0 Å². The largest absolute Gasteiger partial charge is 0.313 e. The summed E-state index contributed by atoms with van der Waals surface area (Å²) in [4.78, 5) is 0. The fraction of sp³-hybridized carbons (Fsp3) is 1.00. The van der Waals surface area contributed by atoms with E-state index in [2.05, 4.69) is 62.3 Å². The Balaban J connectivity index is 1.92. The number of nitrogens with zero attached hydrogens (tertiary/aromatic N) is 2. The van der Waals surface area contributed by atoms with Gasteiger partial charge in [0.25, 0.3) is 0 Å². The molecule has 148 valence electrons. The zero-order valence-corrected chi connectivity index (χ0v) is 18.1. The quantitative estimate of drug-likeness (QED) is 0.700. The van der Waals surface area contributed by atoms with Gasteiger partial charge in [-0.1, -0.05) is 19.8 Å². The zero-order chi connectivity index (χ0) is 19.4. The second kappa shape index (κ2) is 6.47. The standard InChI is InChI=1S/C21H42N2O2/c1-15(17-14-19(4,5)23(25)21(17,8)9)11-10-12-16-13-18(2,3)22(24)20(16,6)7/h15-17,24-25H,10-14H2,1-9H3. The minimum absolute atomic E-state index is 0.130. The van der Waals surface area contributed by atoms with Crippen molar-refractivity contribution < 1.29 is 10.4 Å². The van der Waals surface area contributed by atoms with E-state index in [0.29, 0.717) is 17.8 Å². The van der Waals surface area contributed by atoms with E-state index in [-0.39, 0.29) is 22.2 Å². The third-order valence-electron chi connectivity index (χ3n) is 7.51. The SMILES string of the molecule is CC(CCCC1CC(C)(C)N(O)C1(C)C)C1CC(C)(C)N(O)C1(C)C. The van der Waals surface area contributed by atoms with Gasteiger partial charge in [0.1, 0.15) is 0 Å². The molecular weight excluding hydrogens is 312 g/mol. The fourth-order valence-corrected chi connectivity index (χ4v) is 5.94. The van der Waals surface area contributed by atoms with Crippen LogP contribution in [0.4, 0.5) is 0 Å². The zero-order valence-electron chi connectivity index (χ0n) is 18.1. The van der Waals surface area contributed by atoms with Crippen molar-refractivity contribution in [1.82, 2.24) is 10.1 Å². The minimum Gasteiger partial charge on any atom is -0.313 e. The van der Waals surface area contributed by atoms with E-state index in [1.54, 1.807) is 10.1 Å². The van der Waals surface area contributed by atoms with Gasteiger partial charge < -0.3 is 10.4 Å². The molecule has 3 atom stereocenters. The molecule has 2 rings (SSSR count). The van der Waals surface area contributed by atoms with Crippen molar-refractivity contribution in [2.24, 2.45) is 17.8 Å². The molecule has 3 unspecified atom stereocenters. The van der Waals surface area contributed by atoms with Gasteiger partial charge in [-0.25, -0.2) is 0 Å². The molecule has 0 radical (unpaired) electrons.